The van der Waals surface area contributed by atoms with Crippen LogP contribution in [-0.2, 0) is 9.53 Å². The van der Waals surface area contributed by atoms with E-state index in [1.165, 1.54) is 19.3 Å². The second-order valence-electron chi connectivity index (χ2n) is 13.2. The Morgan fingerprint density at radius 1 is 0.929 bits per heavy atom. The van der Waals surface area contributed by atoms with E-state index in [0.717, 1.165) is 37.0 Å². The summed E-state index contributed by atoms with van der Waals surface area (Å²) in [5.74, 6) is 4.34. The fourth-order valence-electron chi connectivity index (χ4n) is 7.40. The molecule has 28 heavy (non-hydrogen) atoms. The van der Waals surface area contributed by atoms with Crippen molar-refractivity contribution < 1.29 is 9.53 Å². The maximum atomic E-state index is 13.3. The largest absolute Gasteiger partial charge is 0.459 e. The van der Waals surface area contributed by atoms with Crippen LogP contribution in [0.15, 0.2) is 0 Å². The van der Waals surface area contributed by atoms with E-state index in [0.29, 0.717) is 23.2 Å². The molecule has 0 radical (unpaired) electrons. The molecule has 2 bridgehead atoms. The Morgan fingerprint density at radius 2 is 1.46 bits per heavy atom. The van der Waals surface area contributed by atoms with E-state index < -0.39 is 0 Å². The highest BCUT2D eigenvalue weighted by molar-refractivity contribution is 5.74. The number of rotatable bonds is 3. The highest BCUT2D eigenvalue weighted by atomic mass is 16.6. The summed E-state index contributed by atoms with van der Waals surface area (Å²) in [5.41, 5.74) is 0.327. The third-order valence-corrected chi connectivity index (χ3v) is 8.68. The van der Waals surface area contributed by atoms with Gasteiger partial charge in [-0.15, -0.1) is 0 Å². The fraction of sp³-hybridized carbons (Fsp3) is 0.962. The molecule has 3 rings (SSSR count). The topological polar surface area (TPSA) is 26.3 Å². The van der Waals surface area contributed by atoms with Crippen LogP contribution in [0.5, 0.6) is 0 Å². The Morgan fingerprint density at radius 3 is 1.93 bits per heavy atom. The van der Waals surface area contributed by atoms with Crippen molar-refractivity contribution in [3.8, 4) is 0 Å². The lowest BCUT2D eigenvalue weighted by molar-refractivity contribution is -0.172. The fourth-order valence-corrected chi connectivity index (χ4v) is 7.40. The minimum Gasteiger partial charge on any atom is -0.459 e. The standard InChI is InChI=1S/C26H46O2/c1-16(2)17-10-12-26(9,13-11-17)28-23(27)20-15-18-14-19(20)22(25(6,7)8)21(18)24(3,4)5/h16-22H,10-15H2,1-9H3. The molecule has 0 aromatic heterocycles. The first-order valence-electron chi connectivity index (χ1n) is 12.0. The number of hydrogen-bond donors (Lipinski definition) is 0. The summed E-state index contributed by atoms with van der Waals surface area (Å²) < 4.78 is 6.29. The van der Waals surface area contributed by atoms with Crippen LogP contribution in [0.1, 0.15) is 101 Å². The van der Waals surface area contributed by atoms with Crippen LogP contribution in [0.2, 0.25) is 0 Å². The first-order chi connectivity index (χ1) is 12.7. The number of hydrogen-bond acceptors (Lipinski definition) is 2. The number of carbonyl (C=O) groups is 1. The predicted molar refractivity (Wildman–Crippen MR) is 117 cm³/mol. The van der Waals surface area contributed by atoms with Gasteiger partial charge in [-0.3, -0.25) is 4.79 Å². The van der Waals surface area contributed by atoms with Crippen molar-refractivity contribution in [2.45, 2.75) is 106 Å². The average molecular weight is 391 g/mol. The lowest BCUT2D eigenvalue weighted by atomic mass is 9.57. The van der Waals surface area contributed by atoms with Crippen molar-refractivity contribution in [2.75, 3.05) is 0 Å². The monoisotopic (exact) mass is 390 g/mol. The molecule has 3 aliphatic carbocycles. The van der Waals surface area contributed by atoms with E-state index in [1.807, 2.05) is 0 Å². The molecule has 5 atom stereocenters. The van der Waals surface area contributed by atoms with E-state index in [1.54, 1.807) is 0 Å². The Hall–Kier alpha value is -0.530. The molecule has 0 amide bonds. The first kappa shape index (κ1) is 22.2. The maximum Gasteiger partial charge on any atom is 0.309 e. The Balaban J connectivity index is 1.70. The number of carbonyl (C=O) groups excluding carboxylic acids is 1. The highest BCUT2D eigenvalue weighted by Gasteiger charge is 2.60. The summed E-state index contributed by atoms with van der Waals surface area (Å²) in [6.07, 6.45) is 6.77. The van der Waals surface area contributed by atoms with Crippen LogP contribution in [0.4, 0.5) is 0 Å². The zero-order valence-corrected chi connectivity index (χ0v) is 20.1. The number of fused-ring (bicyclic) bond motifs is 2. The van der Waals surface area contributed by atoms with Crippen LogP contribution in [0.25, 0.3) is 0 Å². The predicted octanol–water partition coefficient (Wildman–Crippen LogP) is 7.12. The zero-order chi connectivity index (χ0) is 21.1. The normalized spacial score (nSPS) is 41.5. The molecule has 0 aromatic rings. The van der Waals surface area contributed by atoms with Crippen molar-refractivity contribution in [3.05, 3.63) is 0 Å². The van der Waals surface area contributed by atoms with Crippen LogP contribution < -0.4 is 0 Å². The summed E-state index contributed by atoms with van der Waals surface area (Å²) in [7, 11) is 0. The molecule has 3 aliphatic rings. The summed E-state index contributed by atoms with van der Waals surface area (Å²) in [6, 6.07) is 0. The van der Waals surface area contributed by atoms with Crippen LogP contribution in [0.3, 0.4) is 0 Å². The molecule has 0 saturated heterocycles. The van der Waals surface area contributed by atoms with Gasteiger partial charge in [-0.1, -0.05) is 55.4 Å². The molecule has 3 saturated carbocycles. The van der Waals surface area contributed by atoms with Gasteiger partial charge in [0.05, 0.1) is 5.92 Å². The lowest BCUT2D eigenvalue weighted by Crippen LogP contribution is -2.46. The zero-order valence-electron chi connectivity index (χ0n) is 20.1. The van der Waals surface area contributed by atoms with Crippen molar-refractivity contribution in [1.29, 1.82) is 0 Å². The van der Waals surface area contributed by atoms with Gasteiger partial charge in [0.1, 0.15) is 5.60 Å². The smallest absolute Gasteiger partial charge is 0.309 e. The summed E-state index contributed by atoms with van der Waals surface area (Å²) >= 11 is 0. The Labute approximate surface area is 174 Å². The van der Waals surface area contributed by atoms with E-state index in [2.05, 4.69) is 62.3 Å². The van der Waals surface area contributed by atoms with E-state index in [9.17, 15) is 4.79 Å². The Bertz CT molecular complexity index is 568. The lowest BCUT2D eigenvalue weighted by Gasteiger charge is -2.48. The van der Waals surface area contributed by atoms with Crippen molar-refractivity contribution in [1.82, 2.24) is 0 Å². The Kier molecular flexibility index (Phi) is 5.79. The minimum atomic E-state index is -0.231. The molecule has 0 aromatic carbocycles. The summed E-state index contributed by atoms with van der Waals surface area (Å²) in [6.45, 7) is 21.2. The van der Waals surface area contributed by atoms with Crippen LogP contribution >= 0.6 is 0 Å². The first-order valence-corrected chi connectivity index (χ1v) is 12.0. The van der Waals surface area contributed by atoms with Crippen molar-refractivity contribution in [3.63, 3.8) is 0 Å². The molecular formula is C26H46O2. The van der Waals surface area contributed by atoms with Crippen LogP contribution in [0, 0.1) is 52.3 Å². The number of esters is 1. The van der Waals surface area contributed by atoms with Crippen LogP contribution in [-0.4, -0.2) is 11.6 Å². The van der Waals surface area contributed by atoms with Gasteiger partial charge in [0.15, 0.2) is 0 Å². The molecular weight excluding hydrogens is 344 g/mol. The van der Waals surface area contributed by atoms with Gasteiger partial charge in [-0.25, -0.2) is 0 Å². The second kappa shape index (κ2) is 7.31. The number of ether oxygens (including phenoxy) is 1. The quantitative estimate of drug-likeness (QED) is 0.480. The van der Waals surface area contributed by atoms with E-state index in [-0.39, 0.29) is 22.9 Å². The molecule has 0 heterocycles. The van der Waals surface area contributed by atoms with Gasteiger partial charge in [0.2, 0.25) is 0 Å². The molecule has 0 N–H and O–H groups in total. The summed E-state index contributed by atoms with van der Waals surface area (Å²) in [5, 5.41) is 0. The highest BCUT2D eigenvalue weighted by Crippen LogP contribution is 2.64. The van der Waals surface area contributed by atoms with Crippen molar-refractivity contribution in [2.24, 2.45) is 52.3 Å². The van der Waals surface area contributed by atoms with Gasteiger partial charge in [-0.05, 0) is 91.8 Å². The van der Waals surface area contributed by atoms with Gasteiger partial charge in [-0.2, -0.15) is 0 Å². The molecule has 162 valence electrons. The van der Waals surface area contributed by atoms with E-state index in [4.69, 9.17) is 4.74 Å². The second-order valence-corrected chi connectivity index (χ2v) is 13.2. The SMILES string of the molecule is CC(C)C1CCC(C)(OC(=O)C2CC3CC2C(C(C)(C)C)C3C(C)(C)C)CC1. The third kappa shape index (κ3) is 4.17. The van der Waals surface area contributed by atoms with E-state index >= 15 is 0 Å². The van der Waals surface area contributed by atoms with Gasteiger partial charge < -0.3 is 4.74 Å². The molecule has 0 aliphatic heterocycles. The molecule has 2 nitrogen and oxygen atoms in total. The molecule has 2 heteroatoms. The van der Waals surface area contributed by atoms with Gasteiger partial charge in [0.25, 0.3) is 0 Å². The molecule has 3 fully saturated rings. The summed E-state index contributed by atoms with van der Waals surface area (Å²) in [4.78, 5) is 13.3. The van der Waals surface area contributed by atoms with Crippen molar-refractivity contribution >= 4 is 5.97 Å². The average Bonchev–Trinajstić information content (AvgIpc) is 3.12. The van der Waals surface area contributed by atoms with Gasteiger partial charge in [0, 0.05) is 0 Å². The minimum absolute atomic E-state index is 0.125. The third-order valence-electron chi connectivity index (χ3n) is 8.68. The van der Waals surface area contributed by atoms with Gasteiger partial charge >= 0.3 is 5.97 Å². The molecule has 5 unspecified atom stereocenters. The maximum absolute atomic E-state index is 13.3. The molecule has 0 spiro atoms.